The number of rotatable bonds is 0. The van der Waals surface area contributed by atoms with Gasteiger partial charge < -0.3 is 0 Å². The third kappa shape index (κ3) is 1.67. The highest BCUT2D eigenvalue weighted by Gasteiger charge is 2.08. The average molecular weight is 120 g/mol. The first-order valence-corrected chi connectivity index (χ1v) is 2.84. The molecule has 1 aliphatic heterocycles. The van der Waals surface area contributed by atoms with E-state index in [1.165, 1.54) is 0 Å². The van der Waals surface area contributed by atoms with Crippen LogP contribution in [0.2, 0.25) is 0 Å². The molecule has 1 atom stereocenters. The molecule has 1 rings (SSSR count). The summed E-state index contributed by atoms with van der Waals surface area (Å²) in [5.74, 6) is 0. The van der Waals surface area contributed by atoms with Crippen LogP contribution in [0.3, 0.4) is 0 Å². The second-order valence-electron chi connectivity index (χ2n) is 1.55. The van der Waals surface area contributed by atoms with Crippen molar-refractivity contribution in [3.8, 4) is 0 Å². The van der Waals surface area contributed by atoms with Crippen molar-refractivity contribution in [1.29, 1.82) is 0 Å². The Hall–Kier alpha value is 0.270. The van der Waals surface area contributed by atoms with Gasteiger partial charge in [0.15, 0.2) is 0 Å². The molecule has 0 N–H and O–H groups in total. The van der Waals surface area contributed by atoms with E-state index in [4.69, 9.17) is 0 Å². The molecule has 1 saturated heterocycles. The summed E-state index contributed by atoms with van der Waals surface area (Å²) in [7, 11) is 0. The van der Waals surface area contributed by atoms with Crippen LogP contribution in [0.25, 0.3) is 0 Å². The van der Waals surface area contributed by atoms with Crippen LogP contribution in [0.4, 0.5) is 0 Å². The lowest BCUT2D eigenvalue weighted by molar-refractivity contribution is -0.310. The van der Waals surface area contributed by atoms with Crippen LogP contribution in [-0.4, -0.2) is 18.5 Å². The fourth-order valence-electron chi connectivity index (χ4n) is 0.453. The van der Waals surface area contributed by atoms with Gasteiger partial charge in [-0.15, -0.1) is 0 Å². The molecule has 1 unspecified atom stereocenters. The van der Waals surface area contributed by atoms with Crippen LogP contribution in [0.1, 0.15) is 6.42 Å². The van der Waals surface area contributed by atoms with E-state index < -0.39 is 0 Å². The molecule has 0 aromatic carbocycles. The number of hydrogen-bond donors (Lipinski definition) is 1. The third-order valence-corrected chi connectivity index (χ3v) is 1.29. The van der Waals surface area contributed by atoms with Gasteiger partial charge >= 0.3 is 0 Å². The summed E-state index contributed by atoms with van der Waals surface area (Å²) < 4.78 is 0. The molecule has 1 fully saturated rings. The molecule has 0 spiro atoms. The first-order chi connectivity index (χ1) is 3.39. The summed E-state index contributed by atoms with van der Waals surface area (Å²) in [5, 5.41) is 0.383. The molecule has 0 bridgehead atoms. The van der Waals surface area contributed by atoms with Crippen molar-refractivity contribution in [1.82, 2.24) is 0 Å². The number of thiol groups is 1. The summed E-state index contributed by atoms with van der Waals surface area (Å²) in [5.41, 5.74) is 0. The van der Waals surface area contributed by atoms with Gasteiger partial charge in [-0.05, 0) is 6.42 Å². The zero-order chi connectivity index (χ0) is 5.11. The van der Waals surface area contributed by atoms with Crippen LogP contribution >= 0.6 is 12.6 Å². The molecule has 1 aliphatic rings. The van der Waals surface area contributed by atoms with E-state index in [0.29, 0.717) is 18.5 Å². The molecule has 42 valence electrons. The molecule has 3 heteroatoms. The fraction of sp³-hybridized carbons (Fsp3) is 1.00. The maximum absolute atomic E-state index is 4.61. The Kier molecular flexibility index (Phi) is 1.97. The van der Waals surface area contributed by atoms with Gasteiger partial charge in [-0.3, -0.25) is 0 Å². The SMILES string of the molecule is SC1CCOOC1. The van der Waals surface area contributed by atoms with Crippen LogP contribution in [0.5, 0.6) is 0 Å². The molecule has 0 aromatic heterocycles. The zero-order valence-corrected chi connectivity index (χ0v) is 4.86. The highest BCUT2D eigenvalue weighted by Crippen LogP contribution is 2.07. The molecular formula is C4H8O2S. The molecule has 0 amide bonds. The summed E-state index contributed by atoms with van der Waals surface area (Å²) >= 11 is 4.16. The predicted octanol–water partition coefficient (Wildman–Crippen LogP) is 0.637. The Balaban J connectivity index is 2.12. The Bertz CT molecular complexity index is 51.7. The van der Waals surface area contributed by atoms with Gasteiger partial charge in [-0.1, -0.05) is 0 Å². The minimum absolute atomic E-state index is 0.383. The average Bonchev–Trinajstić information content (AvgIpc) is 1.69. The first-order valence-electron chi connectivity index (χ1n) is 2.32. The van der Waals surface area contributed by atoms with E-state index >= 15 is 0 Å². The van der Waals surface area contributed by atoms with Gasteiger partial charge in [0.25, 0.3) is 0 Å². The second kappa shape index (κ2) is 2.55. The lowest BCUT2D eigenvalue weighted by Gasteiger charge is -2.15. The van der Waals surface area contributed by atoms with Gasteiger partial charge in [0.1, 0.15) is 0 Å². The Morgan fingerprint density at radius 3 is 2.57 bits per heavy atom. The summed E-state index contributed by atoms with van der Waals surface area (Å²) in [4.78, 5) is 9.20. The smallest absolute Gasteiger partial charge is 0.0939 e. The molecular weight excluding hydrogens is 112 g/mol. The van der Waals surface area contributed by atoms with Crippen molar-refractivity contribution < 1.29 is 9.78 Å². The van der Waals surface area contributed by atoms with Crippen LogP contribution < -0.4 is 0 Å². The van der Waals surface area contributed by atoms with Crippen molar-refractivity contribution in [2.24, 2.45) is 0 Å². The molecule has 7 heavy (non-hydrogen) atoms. The molecule has 0 aromatic rings. The predicted molar refractivity (Wildman–Crippen MR) is 29.3 cm³/mol. The molecule has 2 nitrogen and oxygen atoms in total. The highest BCUT2D eigenvalue weighted by molar-refractivity contribution is 7.81. The largest absolute Gasteiger partial charge is 0.237 e. The molecule has 0 aliphatic carbocycles. The normalized spacial score (nSPS) is 33.0. The standard InChI is InChI=1S/C4H8O2S/c7-4-1-2-5-6-3-4/h4,7H,1-3H2. The molecule has 0 radical (unpaired) electrons. The lowest BCUT2D eigenvalue weighted by atomic mass is 10.3. The van der Waals surface area contributed by atoms with Crippen LogP contribution in [0, 0.1) is 0 Å². The maximum Gasteiger partial charge on any atom is 0.0939 e. The first kappa shape index (κ1) is 5.41. The summed E-state index contributed by atoms with van der Waals surface area (Å²) in [6.45, 7) is 1.32. The van der Waals surface area contributed by atoms with Crippen molar-refractivity contribution >= 4 is 12.6 Å². The van der Waals surface area contributed by atoms with Gasteiger partial charge in [-0.25, -0.2) is 9.78 Å². The van der Waals surface area contributed by atoms with Crippen LogP contribution in [0.15, 0.2) is 0 Å². The minimum Gasteiger partial charge on any atom is -0.237 e. The van der Waals surface area contributed by atoms with Crippen molar-refractivity contribution in [2.45, 2.75) is 11.7 Å². The summed E-state index contributed by atoms with van der Waals surface area (Å²) in [6.07, 6.45) is 1.00. The number of hydrogen-bond acceptors (Lipinski definition) is 3. The quantitative estimate of drug-likeness (QED) is 0.373. The van der Waals surface area contributed by atoms with Gasteiger partial charge in [0, 0.05) is 5.25 Å². The monoisotopic (exact) mass is 120 g/mol. The maximum atomic E-state index is 4.61. The van der Waals surface area contributed by atoms with Gasteiger partial charge in [0.2, 0.25) is 0 Å². The molecule has 0 saturated carbocycles. The zero-order valence-electron chi connectivity index (χ0n) is 3.96. The van der Waals surface area contributed by atoms with Crippen molar-refractivity contribution in [3.05, 3.63) is 0 Å². The Labute approximate surface area is 48.1 Å². The minimum atomic E-state index is 0.383. The van der Waals surface area contributed by atoms with Crippen LogP contribution in [-0.2, 0) is 9.78 Å². The summed E-state index contributed by atoms with van der Waals surface area (Å²) in [6, 6.07) is 0. The molecule has 1 heterocycles. The van der Waals surface area contributed by atoms with E-state index in [9.17, 15) is 0 Å². The topological polar surface area (TPSA) is 18.5 Å². The van der Waals surface area contributed by atoms with Crippen molar-refractivity contribution in [3.63, 3.8) is 0 Å². The van der Waals surface area contributed by atoms with E-state index in [2.05, 4.69) is 22.4 Å². The highest BCUT2D eigenvalue weighted by atomic mass is 32.1. The second-order valence-corrected chi connectivity index (χ2v) is 2.28. The Morgan fingerprint density at radius 1 is 1.43 bits per heavy atom. The van der Waals surface area contributed by atoms with E-state index in [0.717, 1.165) is 6.42 Å². The Morgan fingerprint density at radius 2 is 2.29 bits per heavy atom. The van der Waals surface area contributed by atoms with E-state index in [1.54, 1.807) is 0 Å². The third-order valence-electron chi connectivity index (χ3n) is 0.878. The van der Waals surface area contributed by atoms with E-state index in [1.807, 2.05) is 0 Å². The fourth-order valence-corrected chi connectivity index (χ4v) is 0.619. The van der Waals surface area contributed by atoms with Gasteiger partial charge in [-0.2, -0.15) is 12.6 Å². The van der Waals surface area contributed by atoms with Crippen molar-refractivity contribution in [2.75, 3.05) is 13.2 Å². The lowest BCUT2D eigenvalue weighted by Crippen LogP contribution is -2.18. The van der Waals surface area contributed by atoms with Gasteiger partial charge in [0.05, 0.1) is 13.2 Å². The van der Waals surface area contributed by atoms with E-state index in [-0.39, 0.29) is 0 Å².